The third kappa shape index (κ3) is 3.46. The SMILES string of the molecule is c1ccc(C(Oc2cccc3cccnc23)Oc2cccc3cccnc23)nc1. The molecule has 0 aliphatic carbocycles. The Bertz CT molecular complexity index is 1180. The van der Waals surface area contributed by atoms with Crippen LogP contribution in [0.5, 0.6) is 11.5 Å². The van der Waals surface area contributed by atoms with Gasteiger partial charge in [0.25, 0.3) is 6.29 Å². The molecule has 3 heterocycles. The van der Waals surface area contributed by atoms with Crippen molar-refractivity contribution in [3.63, 3.8) is 0 Å². The minimum absolute atomic E-state index is 0.631. The highest BCUT2D eigenvalue weighted by atomic mass is 16.7. The molecular weight excluding hydrogens is 362 g/mol. The molecule has 5 nitrogen and oxygen atoms in total. The van der Waals surface area contributed by atoms with Gasteiger partial charge in [-0.15, -0.1) is 0 Å². The molecule has 2 aromatic carbocycles. The van der Waals surface area contributed by atoms with E-state index in [2.05, 4.69) is 15.0 Å². The van der Waals surface area contributed by atoms with Crippen molar-refractivity contribution in [1.82, 2.24) is 15.0 Å². The number of hydrogen-bond acceptors (Lipinski definition) is 5. The molecule has 0 spiro atoms. The van der Waals surface area contributed by atoms with Gasteiger partial charge in [-0.05, 0) is 36.4 Å². The first-order valence-corrected chi connectivity index (χ1v) is 9.30. The quantitative estimate of drug-likeness (QED) is 0.386. The van der Waals surface area contributed by atoms with Crippen LogP contribution in [0.3, 0.4) is 0 Å². The van der Waals surface area contributed by atoms with Crippen molar-refractivity contribution < 1.29 is 9.47 Å². The minimum Gasteiger partial charge on any atom is -0.447 e. The fraction of sp³-hybridized carbons (Fsp3) is 0.0417. The molecule has 0 atom stereocenters. The maximum atomic E-state index is 6.29. The maximum Gasteiger partial charge on any atom is 0.284 e. The van der Waals surface area contributed by atoms with Crippen molar-refractivity contribution >= 4 is 21.8 Å². The summed E-state index contributed by atoms with van der Waals surface area (Å²) in [5, 5.41) is 1.99. The van der Waals surface area contributed by atoms with Gasteiger partial charge < -0.3 is 9.47 Å². The van der Waals surface area contributed by atoms with Crippen molar-refractivity contribution in [1.29, 1.82) is 0 Å². The van der Waals surface area contributed by atoms with E-state index in [-0.39, 0.29) is 0 Å². The van der Waals surface area contributed by atoms with Crippen LogP contribution in [0.2, 0.25) is 0 Å². The largest absolute Gasteiger partial charge is 0.447 e. The van der Waals surface area contributed by atoms with Crippen LogP contribution in [0.25, 0.3) is 21.8 Å². The van der Waals surface area contributed by atoms with Gasteiger partial charge in [0.1, 0.15) is 16.7 Å². The smallest absolute Gasteiger partial charge is 0.284 e. The van der Waals surface area contributed by atoms with E-state index in [1.807, 2.05) is 78.9 Å². The third-order valence-electron chi connectivity index (χ3n) is 4.59. The molecule has 0 saturated carbocycles. The molecule has 0 bridgehead atoms. The van der Waals surface area contributed by atoms with Gasteiger partial charge in [-0.3, -0.25) is 15.0 Å². The van der Waals surface area contributed by atoms with Gasteiger partial charge >= 0.3 is 0 Å². The number of nitrogens with zero attached hydrogens (tertiary/aromatic N) is 3. The molecule has 0 radical (unpaired) electrons. The van der Waals surface area contributed by atoms with Crippen LogP contribution in [-0.2, 0) is 0 Å². The summed E-state index contributed by atoms with van der Waals surface area (Å²) in [4.78, 5) is 13.4. The summed E-state index contributed by atoms with van der Waals surface area (Å²) in [5.74, 6) is 1.26. The van der Waals surface area contributed by atoms with Crippen LogP contribution < -0.4 is 9.47 Å². The van der Waals surface area contributed by atoms with Gasteiger partial charge in [-0.25, -0.2) is 0 Å². The van der Waals surface area contributed by atoms with E-state index in [4.69, 9.17) is 9.47 Å². The Morgan fingerprint density at radius 2 is 1.07 bits per heavy atom. The Balaban J connectivity index is 1.57. The highest BCUT2D eigenvalue weighted by molar-refractivity contribution is 5.85. The summed E-state index contributed by atoms with van der Waals surface area (Å²) in [7, 11) is 0. The topological polar surface area (TPSA) is 57.1 Å². The zero-order chi connectivity index (χ0) is 19.5. The first-order chi connectivity index (χ1) is 14.4. The zero-order valence-electron chi connectivity index (χ0n) is 15.5. The van der Waals surface area contributed by atoms with Crippen molar-refractivity contribution in [3.05, 3.63) is 103 Å². The summed E-state index contributed by atoms with van der Waals surface area (Å²) in [6, 6.07) is 25.1. The normalized spacial score (nSPS) is 11.1. The van der Waals surface area contributed by atoms with Gasteiger partial charge in [0.2, 0.25) is 0 Å². The first-order valence-electron chi connectivity index (χ1n) is 9.30. The maximum absolute atomic E-state index is 6.29. The lowest BCUT2D eigenvalue weighted by Crippen LogP contribution is -2.17. The molecule has 5 rings (SSSR count). The number of pyridine rings is 3. The van der Waals surface area contributed by atoms with Crippen molar-refractivity contribution in [2.24, 2.45) is 0 Å². The van der Waals surface area contributed by atoms with E-state index < -0.39 is 6.29 Å². The molecule has 0 unspecified atom stereocenters. The van der Waals surface area contributed by atoms with Crippen molar-refractivity contribution in [2.75, 3.05) is 0 Å². The average molecular weight is 379 g/mol. The molecule has 0 saturated heterocycles. The highest BCUT2D eigenvalue weighted by Gasteiger charge is 2.20. The van der Waals surface area contributed by atoms with E-state index in [9.17, 15) is 0 Å². The van der Waals surface area contributed by atoms with E-state index in [1.165, 1.54) is 0 Å². The Hall–Kier alpha value is -3.99. The Morgan fingerprint density at radius 3 is 1.62 bits per heavy atom. The number of hydrogen-bond donors (Lipinski definition) is 0. The number of aromatic nitrogens is 3. The molecule has 0 amide bonds. The second-order valence-electron chi connectivity index (χ2n) is 6.48. The third-order valence-corrected chi connectivity index (χ3v) is 4.59. The highest BCUT2D eigenvalue weighted by Crippen LogP contribution is 2.31. The molecule has 140 valence electrons. The lowest BCUT2D eigenvalue weighted by molar-refractivity contribution is 0.00245. The lowest BCUT2D eigenvalue weighted by atomic mass is 10.2. The monoisotopic (exact) mass is 379 g/mol. The summed E-state index contributed by atoms with van der Waals surface area (Å²) in [6.07, 6.45) is 4.47. The zero-order valence-corrected chi connectivity index (χ0v) is 15.5. The van der Waals surface area contributed by atoms with Gasteiger partial charge in [-0.1, -0.05) is 42.5 Å². The van der Waals surface area contributed by atoms with E-state index in [0.29, 0.717) is 17.2 Å². The number of benzene rings is 2. The van der Waals surface area contributed by atoms with Crippen molar-refractivity contribution in [3.8, 4) is 11.5 Å². The fourth-order valence-corrected chi connectivity index (χ4v) is 3.23. The number of rotatable bonds is 5. The van der Waals surface area contributed by atoms with Crippen LogP contribution >= 0.6 is 0 Å². The fourth-order valence-electron chi connectivity index (χ4n) is 3.23. The van der Waals surface area contributed by atoms with Gasteiger partial charge in [0.05, 0.1) is 0 Å². The van der Waals surface area contributed by atoms with Crippen LogP contribution in [0, 0.1) is 0 Å². The Kier molecular flexibility index (Phi) is 4.47. The average Bonchev–Trinajstić information content (AvgIpc) is 2.80. The first kappa shape index (κ1) is 17.1. The second kappa shape index (κ2) is 7.56. The Morgan fingerprint density at radius 1 is 0.517 bits per heavy atom. The molecule has 29 heavy (non-hydrogen) atoms. The van der Waals surface area contributed by atoms with Gasteiger partial charge in [0, 0.05) is 29.4 Å². The van der Waals surface area contributed by atoms with E-state index >= 15 is 0 Å². The molecule has 5 heteroatoms. The van der Waals surface area contributed by atoms with E-state index in [1.54, 1.807) is 18.6 Å². The minimum atomic E-state index is -0.753. The molecule has 0 fully saturated rings. The van der Waals surface area contributed by atoms with E-state index in [0.717, 1.165) is 21.8 Å². The molecular formula is C24H17N3O2. The molecule has 3 aromatic heterocycles. The molecule has 0 N–H and O–H groups in total. The molecule has 0 aliphatic heterocycles. The van der Waals surface area contributed by atoms with Crippen molar-refractivity contribution in [2.45, 2.75) is 6.29 Å². The summed E-state index contributed by atoms with van der Waals surface area (Å²) >= 11 is 0. The van der Waals surface area contributed by atoms with Crippen LogP contribution in [0.15, 0.2) is 97.5 Å². The summed E-state index contributed by atoms with van der Waals surface area (Å²) < 4.78 is 12.6. The van der Waals surface area contributed by atoms with Crippen LogP contribution in [0.1, 0.15) is 12.0 Å². The standard InChI is InChI=1S/C24H17N3O2/c1-2-14-25-19(11-1)24(28-20-12-3-7-17-9-5-15-26-22(17)20)29-21-13-4-8-18-10-6-16-27-23(18)21/h1-16,24H. The number of para-hydroxylation sites is 2. The molecule has 5 aromatic rings. The van der Waals surface area contributed by atoms with Gasteiger partial charge in [-0.2, -0.15) is 0 Å². The number of ether oxygens (including phenoxy) is 2. The van der Waals surface area contributed by atoms with Gasteiger partial charge in [0.15, 0.2) is 11.5 Å². The van der Waals surface area contributed by atoms with Crippen LogP contribution in [-0.4, -0.2) is 15.0 Å². The van der Waals surface area contributed by atoms with Crippen LogP contribution in [0.4, 0.5) is 0 Å². The summed E-state index contributed by atoms with van der Waals surface area (Å²) in [5.41, 5.74) is 2.21. The second-order valence-corrected chi connectivity index (χ2v) is 6.48. The number of fused-ring (bicyclic) bond motifs is 2. The Labute approximate surface area is 167 Å². The predicted octanol–water partition coefficient (Wildman–Crippen LogP) is 5.33. The predicted molar refractivity (Wildman–Crippen MR) is 112 cm³/mol. The summed E-state index contributed by atoms with van der Waals surface area (Å²) in [6.45, 7) is 0. The lowest BCUT2D eigenvalue weighted by Gasteiger charge is -2.21. The molecule has 0 aliphatic rings.